The fraction of sp³-hybridized carbons (Fsp3) is 0.588. The Morgan fingerprint density at radius 1 is 1.35 bits per heavy atom. The smallest absolute Gasteiger partial charge is 0.227 e. The molecule has 0 saturated carbocycles. The third kappa shape index (κ3) is 4.38. The van der Waals surface area contributed by atoms with Crippen molar-refractivity contribution in [3.8, 4) is 0 Å². The molecule has 2 aliphatic heterocycles. The molecule has 0 bridgehead atoms. The number of halogens is 2. The largest absolute Gasteiger partial charge is 0.326 e. The highest BCUT2D eigenvalue weighted by Gasteiger charge is 2.29. The van der Waals surface area contributed by atoms with Crippen LogP contribution in [0.1, 0.15) is 31.4 Å². The monoisotopic (exact) mass is 359 g/mol. The van der Waals surface area contributed by atoms with Gasteiger partial charge in [0.25, 0.3) is 0 Å². The van der Waals surface area contributed by atoms with Crippen LogP contribution >= 0.6 is 24.8 Å². The molecular formula is C17H27Cl2N3O. The van der Waals surface area contributed by atoms with E-state index in [4.69, 9.17) is 0 Å². The Balaban J connectivity index is 0.00000132. The maximum absolute atomic E-state index is 12.4. The number of fused-ring (bicyclic) bond motifs is 1. The second kappa shape index (κ2) is 8.88. The van der Waals surface area contributed by atoms with Crippen LogP contribution in [0.5, 0.6) is 0 Å². The number of hydrogen-bond acceptors (Lipinski definition) is 3. The molecule has 4 nitrogen and oxygen atoms in total. The zero-order valence-electron chi connectivity index (χ0n) is 13.8. The first kappa shape index (κ1) is 20.2. The van der Waals surface area contributed by atoms with Crippen molar-refractivity contribution >= 4 is 36.4 Å². The number of carbonyl (C=O) groups is 1. The lowest BCUT2D eigenvalue weighted by Gasteiger charge is -2.31. The van der Waals surface area contributed by atoms with Gasteiger partial charge in [-0.2, -0.15) is 0 Å². The maximum atomic E-state index is 12.4. The molecule has 1 fully saturated rings. The topological polar surface area (TPSA) is 44.4 Å². The molecule has 0 aliphatic carbocycles. The Bertz CT molecular complexity index is 535. The number of carbonyl (C=O) groups excluding carboxylic acids is 1. The summed E-state index contributed by atoms with van der Waals surface area (Å²) in [5, 5.41) is 6.40. The zero-order valence-corrected chi connectivity index (χ0v) is 15.4. The number of nitrogens with one attached hydrogen (secondary N) is 2. The van der Waals surface area contributed by atoms with E-state index in [1.807, 2.05) is 13.0 Å². The number of amides is 1. The quantitative estimate of drug-likeness (QED) is 0.848. The molecule has 23 heavy (non-hydrogen) atoms. The van der Waals surface area contributed by atoms with Crippen molar-refractivity contribution in [3.05, 3.63) is 29.3 Å². The van der Waals surface area contributed by atoms with Crippen LogP contribution in [0.2, 0.25) is 0 Å². The second-order valence-corrected chi connectivity index (χ2v) is 6.35. The fourth-order valence-corrected chi connectivity index (χ4v) is 3.21. The van der Waals surface area contributed by atoms with Gasteiger partial charge in [-0.1, -0.05) is 26.0 Å². The Hall–Kier alpha value is -0.810. The van der Waals surface area contributed by atoms with Gasteiger partial charge in [0.15, 0.2) is 0 Å². The molecule has 2 N–H and O–H groups in total. The number of anilines is 1. The van der Waals surface area contributed by atoms with Gasteiger partial charge in [0, 0.05) is 24.7 Å². The number of benzene rings is 1. The van der Waals surface area contributed by atoms with Crippen molar-refractivity contribution in [1.29, 1.82) is 0 Å². The van der Waals surface area contributed by atoms with Crippen LogP contribution in [0.25, 0.3) is 0 Å². The summed E-state index contributed by atoms with van der Waals surface area (Å²) in [5.41, 5.74) is 3.67. The zero-order chi connectivity index (χ0) is 14.8. The van der Waals surface area contributed by atoms with Gasteiger partial charge < -0.3 is 10.6 Å². The first-order valence-electron chi connectivity index (χ1n) is 8.03. The summed E-state index contributed by atoms with van der Waals surface area (Å²) in [6.07, 6.45) is 1.17. The molecule has 0 aromatic heterocycles. The summed E-state index contributed by atoms with van der Waals surface area (Å²) in [5.74, 6) is 0.720. The van der Waals surface area contributed by atoms with E-state index in [0.717, 1.165) is 38.4 Å². The maximum Gasteiger partial charge on any atom is 0.227 e. The van der Waals surface area contributed by atoms with E-state index in [9.17, 15) is 4.79 Å². The third-order valence-electron chi connectivity index (χ3n) is 4.78. The minimum absolute atomic E-state index is 0. The average molecular weight is 360 g/mol. The normalized spacial score (nSPS) is 18.2. The molecule has 1 unspecified atom stereocenters. The van der Waals surface area contributed by atoms with E-state index < -0.39 is 0 Å². The molecule has 1 aromatic carbocycles. The predicted molar refractivity (Wildman–Crippen MR) is 99.5 cm³/mol. The van der Waals surface area contributed by atoms with Gasteiger partial charge in [0.05, 0.1) is 0 Å². The van der Waals surface area contributed by atoms with Crippen LogP contribution in [0, 0.1) is 11.8 Å². The standard InChI is InChI=1S/C17H25N3O.2ClH/c1-3-7-20-10-13-5-4-6-16(15(13)11-20)19-17(21)12(2)14-8-18-9-14;;/h4-6,12,14,18H,3,7-11H2,1-2H3,(H,19,21);2*1H. The Kier molecular flexibility index (Phi) is 7.81. The van der Waals surface area contributed by atoms with Crippen LogP contribution in [-0.2, 0) is 17.9 Å². The first-order chi connectivity index (χ1) is 10.2. The van der Waals surface area contributed by atoms with Gasteiger partial charge >= 0.3 is 0 Å². The Morgan fingerprint density at radius 3 is 2.70 bits per heavy atom. The minimum Gasteiger partial charge on any atom is -0.326 e. The lowest BCUT2D eigenvalue weighted by Crippen LogP contribution is -2.48. The molecule has 2 heterocycles. The van der Waals surface area contributed by atoms with Crippen LogP contribution in [-0.4, -0.2) is 30.4 Å². The van der Waals surface area contributed by atoms with Crippen LogP contribution in [0.15, 0.2) is 18.2 Å². The van der Waals surface area contributed by atoms with Crippen molar-refractivity contribution < 1.29 is 4.79 Å². The molecule has 1 aromatic rings. The highest BCUT2D eigenvalue weighted by molar-refractivity contribution is 5.93. The molecule has 0 radical (unpaired) electrons. The lowest BCUT2D eigenvalue weighted by molar-refractivity contribution is -0.121. The number of rotatable bonds is 5. The first-order valence-corrected chi connectivity index (χ1v) is 8.03. The van der Waals surface area contributed by atoms with Crippen LogP contribution < -0.4 is 10.6 Å². The third-order valence-corrected chi connectivity index (χ3v) is 4.78. The van der Waals surface area contributed by atoms with Crippen LogP contribution in [0.4, 0.5) is 5.69 Å². The summed E-state index contributed by atoms with van der Waals surface area (Å²) in [6.45, 7) is 9.26. The van der Waals surface area contributed by atoms with Gasteiger partial charge in [0.2, 0.25) is 5.91 Å². The summed E-state index contributed by atoms with van der Waals surface area (Å²) < 4.78 is 0. The van der Waals surface area contributed by atoms with Gasteiger partial charge in [-0.15, -0.1) is 24.8 Å². The highest BCUT2D eigenvalue weighted by atomic mass is 35.5. The van der Waals surface area contributed by atoms with Crippen molar-refractivity contribution in [2.24, 2.45) is 11.8 Å². The van der Waals surface area contributed by atoms with Crippen LogP contribution in [0.3, 0.4) is 0 Å². The summed E-state index contributed by atoms with van der Waals surface area (Å²) in [6, 6.07) is 6.28. The Morgan fingerprint density at radius 2 is 2.09 bits per heavy atom. The minimum atomic E-state index is 0. The van der Waals surface area contributed by atoms with E-state index in [1.54, 1.807) is 0 Å². The highest BCUT2D eigenvalue weighted by Crippen LogP contribution is 2.30. The Labute approximate surface area is 151 Å². The van der Waals surface area contributed by atoms with Gasteiger partial charge in [-0.3, -0.25) is 9.69 Å². The van der Waals surface area contributed by atoms with Crippen molar-refractivity contribution in [2.75, 3.05) is 25.0 Å². The van der Waals surface area contributed by atoms with E-state index >= 15 is 0 Å². The molecule has 3 rings (SSSR count). The van der Waals surface area contributed by atoms with E-state index in [0.29, 0.717) is 5.92 Å². The predicted octanol–water partition coefficient (Wildman–Crippen LogP) is 3.05. The summed E-state index contributed by atoms with van der Waals surface area (Å²) in [4.78, 5) is 14.8. The average Bonchev–Trinajstić information content (AvgIpc) is 2.80. The van der Waals surface area contributed by atoms with Gasteiger partial charge in [-0.05, 0) is 49.2 Å². The van der Waals surface area contributed by atoms with Crippen molar-refractivity contribution in [1.82, 2.24) is 10.2 Å². The molecule has 2 aliphatic rings. The molecule has 1 amide bonds. The lowest BCUT2D eigenvalue weighted by atomic mass is 9.88. The van der Waals surface area contributed by atoms with Crippen molar-refractivity contribution in [3.63, 3.8) is 0 Å². The van der Waals surface area contributed by atoms with Crippen molar-refractivity contribution in [2.45, 2.75) is 33.4 Å². The molecule has 1 saturated heterocycles. The van der Waals surface area contributed by atoms with E-state index in [-0.39, 0.29) is 36.6 Å². The van der Waals surface area contributed by atoms with E-state index in [1.165, 1.54) is 17.5 Å². The van der Waals surface area contributed by atoms with Gasteiger partial charge in [0.1, 0.15) is 0 Å². The summed E-state index contributed by atoms with van der Waals surface area (Å²) in [7, 11) is 0. The molecular weight excluding hydrogens is 333 g/mol. The molecule has 6 heteroatoms. The SMILES string of the molecule is CCCN1Cc2cccc(NC(=O)C(C)C3CNC3)c2C1.Cl.Cl. The summed E-state index contributed by atoms with van der Waals surface area (Å²) >= 11 is 0. The van der Waals surface area contributed by atoms with E-state index in [2.05, 4.69) is 34.6 Å². The van der Waals surface area contributed by atoms with Gasteiger partial charge in [-0.25, -0.2) is 0 Å². The molecule has 130 valence electrons. The fourth-order valence-electron chi connectivity index (χ4n) is 3.21. The number of nitrogens with zero attached hydrogens (tertiary/aromatic N) is 1. The molecule has 0 spiro atoms. The second-order valence-electron chi connectivity index (χ2n) is 6.35. The molecule has 1 atom stereocenters. The number of hydrogen-bond donors (Lipinski definition) is 2.